The molecule has 0 saturated heterocycles. The second-order valence-corrected chi connectivity index (χ2v) is 4.75. The van der Waals surface area contributed by atoms with E-state index in [1.165, 1.54) is 12.8 Å². The van der Waals surface area contributed by atoms with Crippen LogP contribution in [0.5, 0.6) is 0 Å². The Morgan fingerprint density at radius 2 is 2.33 bits per heavy atom. The summed E-state index contributed by atoms with van der Waals surface area (Å²) >= 11 is 5.89. The number of rotatable bonds is 5. The van der Waals surface area contributed by atoms with Crippen LogP contribution in [0.15, 0.2) is 6.33 Å². The van der Waals surface area contributed by atoms with Gasteiger partial charge in [0.1, 0.15) is 12.2 Å². The van der Waals surface area contributed by atoms with Crippen LogP contribution in [0.4, 0.5) is 0 Å². The monoisotopic (exact) mass is 228 g/mol. The Balaban J connectivity index is 1.96. The van der Waals surface area contributed by atoms with Gasteiger partial charge in [0.25, 0.3) is 0 Å². The summed E-state index contributed by atoms with van der Waals surface area (Å²) in [7, 11) is 0. The zero-order valence-corrected chi connectivity index (χ0v) is 9.96. The van der Waals surface area contributed by atoms with E-state index in [1.807, 2.05) is 4.68 Å². The lowest BCUT2D eigenvalue weighted by atomic mass is 10.3. The van der Waals surface area contributed by atoms with Crippen LogP contribution in [0.25, 0.3) is 0 Å². The summed E-state index contributed by atoms with van der Waals surface area (Å²) in [5.74, 6) is 1.67. The SMILES string of the molecule is CC(C)n1ncnc1CNC1(CCl)CC1. The van der Waals surface area contributed by atoms with Crippen molar-refractivity contribution in [2.24, 2.45) is 0 Å². The van der Waals surface area contributed by atoms with Gasteiger partial charge in [-0.15, -0.1) is 11.6 Å². The molecule has 1 N–H and O–H groups in total. The maximum absolute atomic E-state index is 5.89. The summed E-state index contributed by atoms with van der Waals surface area (Å²) in [5, 5.41) is 7.66. The van der Waals surface area contributed by atoms with E-state index >= 15 is 0 Å². The number of aromatic nitrogens is 3. The molecule has 1 aromatic heterocycles. The lowest BCUT2D eigenvalue weighted by Crippen LogP contribution is -2.33. The van der Waals surface area contributed by atoms with Crippen LogP contribution >= 0.6 is 11.6 Å². The summed E-state index contributed by atoms with van der Waals surface area (Å²) in [4.78, 5) is 4.25. The van der Waals surface area contributed by atoms with Gasteiger partial charge in [-0.3, -0.25) is 0 Å². The number of hydrogen-bond acceptors (Lipinski definition) is 3. The molecule has 0 spiro atoms. The number of nitrogens with one attached hydrogen (secondary N) is 1. The van der Waals surface area contributed by atoms with Crippen molar-refractivity contribution in [1.29, 1.82) is 0 Å². The highest BCUT2D eigenvalue weighted by atomic mass is 35.5. The fourth-order valence-corrected chi connectivity index (χ4v) is 1.97. The Hall–Kier alpha value is -0.610. The normalized spacial score (nSPS) is 18.4. The standard InChI is InChI=1S/C10H17ClN4/c1-8(2)15-9(12-7-14-15)5-13-10(6-11)3-4-10/h7-8,13H,3-6H2,1-2H3. The van der Waals surface area contributed by atoms with Crippen LogP contribution in [-0.4, -0.2) is 26.2 Å². The summed E-state index contributed by atoms with van der Waals surface area (Å²) in [6.45, 7) is 4.96. The maximum Gasteiger partial charge on any atom is 0.141 e. The van der Waals surface area contributed by atoms with Crippen LogP contribution in [0, 0.1) is 0 Å². The van der Waals surface area contributed by atoms with Gasteiger partial charge in [0.2, 0.25) is 0 Å². The first-order chi connectivity index (χ1) is 7.17. The lowest BCUT2D eigenvalue weighted by Gasteiger charge is -2.15. The van der Waals surface area contributed by atoms with Crippen molar-refractivity contribution >= 4 is 11.6 Å². The van der Waals surface area contributed by atoms with Gasteiger partial charge in [0.05, 0.1) is 6.54 Å². The van der Waals surface area contributed by atoms with E-state index in [2.05, 4.69) is 29.2 Å². The zero-order valence-electron chi connectivity index (χ0n) is 9.20. The minimum Gasteiger partial charge on any atom is -0.303 e. The highest BCUT2D eigenvalue weighted by molar-refractivity contribution is 6.18. The second-order valence-electron chi connectivity index (χ2n) is 4.48. The number of halogens is 1. The molecule has 0 unspecified atom stereocenters. The molecule has 1 aliphatic rings. The van der Waals surface area contributed by atoms with E-state index in [0.717, 1.165) is 12.4 Å². The number of alkyl halides is 1. The highest BCUT2D eigenvalue weighted by Crippen LogP contribution is 2.36. The molecule has 1 fully saturated rings. The van der Waals surface area contributed by atoms with Gasteiger partial charge in [-0.25, -0.2) is 9.67 Å². The van der Waals surface area contributed by atoms with Crippen molar-refractivity contribution in [3.8, 4) is 0 Å². The van der Waals surface area contributed by atoms with E-state index < -0.39 is 0 Å². The molecule has 1 aromatic rings. The topological polar surface area (TPSA) is 42.7 Å². The Bertz CT molecular complexity index is 330. The van der Waals surface area contributed by atoms with Crippen LogP contribution in [0.1, 0.15) is 38.6 Å². The summed E-state index contributed by atoms with van der Waals surface area (Å²) in [6.07, 6.45) is 3.95. The van der Waals surface area contributed by atoms with Gasteiger partial charge < -0.3 is 5.32 Å². The fraction of sp³-hybridized carbons (Fsp3) is 0.800. The van der Waals surface area contributed by atoms with Crippen molar-refractivity contribution in [1.82, 2.24) is 20.1 Å². The molecule has 0 bridgehead atoms. The van der Waals surface area contributed by atoms with E-state index in [4.69, 9.17) is 11.6 Å². The minimum atomic E-state index is 0.176. The van der Waals surface area contributed by atoms with Gasteiger partial charge in [-0.2, -0.15) is 5.10 Å². The minimum absolute atomic E-state index is 0.176. The molecule has 1 aliphatic carbocycles. The smallest absolute Gasteiger partial charge is 0.141 e. The quantitative estimate of drug-likeness (QED) is 0.781. The lowest BCUT2D eigenvalue weighted by molar-refractivity contribution is 0.464. The van der Waals surface area contributed by atoms with Crippen LogP contribution < -0.4 is 5.32 Å². The molecule has 5 heteroatoms. The molecule has 1 saturated carbocycles. The van der Waals surface area contributed by atoms with E-state index in [9.17, 15) is 0 Å². The molecule has 84 valence electrons. The number of nitrogens with zero attached hydrogens (tertiary/aromatic N) is 3. The van der Waals surface area contributed by atoms with Gasteiger partial charge in [0.15, 0.2) is 0 Å². The van der Waals surface area contributed by atoms with Crippen LogP contribution in [0.2, 0.25) is 0 Å². The predicted octanol–water partition coefficient (Wildman–Crippen LogP) is 1.72. The average molecular weight is 229 g/mol. The van der Waals surface area contributed by atoms with Gasteiger partial charge in [0, 0.05) is 17.5 Å². The van der Waals surface area contributed by atoms with Crippen LogP contribution in [0.3, 0.4) is 0 Å². The molecule has 0 aromatic carbocycles. The Labute approximate surface area is 95.0 Å². The molecular weight excluding hydrogens is 212 g/mol. The molecule has 2 rings (SSSR count). The molecule has 0 aliphatic heterocycles. The molecule has 4 nitrogen and oxygen atoms in total. The van der Waals surface area contributed by atoms with Gasteiger partial charge in [-0.05, 0) is 26.7 Å². The maximum atomic E-state index is 5.89. The fourth-order valence-electron chi connectivity index (χ4n) is 1.61. The third kappa shape index (κ3) is 2.32. The molecule has 15 heavy (non-hydrogen) atoms. The molecule has 1 heterocycles. The van der Waals surface area contributed by atoms with E-state index in [0.29, 0.717) is 11.9 Å². The molecule has 0 amide bonds. The van der Waals surface area contributed by atoms with Crippen molar-refractivity contribution in [2.45, 2.75) is 44.8 Å². The molecular formula is C10H17ClN4. The number of hydrogen-bond donors (Lipinski definition) is 1. The van der Waals surface area contributed by atoms with Crippen molar-refractivity contribution in [3.05, 3.63) is 12.2 Å². The Morgan fingerprint density at radius 3 is 2.87 bits per heavy atom. The Kier molecular flexibility index (Phi) is 2.98. The Morgan fingerprint density at radius 1 is 1.60 bits per heavy atom. The van der Waals surface area contributed by atoms with Crippen molar-refractivity contribution in [3.63, 3.8) is 0 Å². The van der Waals surface area contributed by atoms with E-state index in [-0.39, 0.29) is 5.54 Å². The first-order valence-corrected chi connectivity index (χ1v) is 5.90. The van der Waals surface area contributed by atoms with Crippen molar-refractivity contribution < 1.29 is 0 Å². The summed E-state index contributed by atoms with van der Waals surface area (Å²) in [5.41, 5.74) is 0.176. The average Bonchev–Trinajstić information content (AvgIpc) is 2.84. The zero-order chi connectivity index (χ0) is 10.9. The first-order valence-electron chi connectivity index (χ1n) is 5.36. The van der Waals surface area contributed by atoms with Gasteiger partial charge in [-0.1, -0.05) is 0 Å². The van der Waals surface area contributed by atoms with Crippen molar-refractivity contribution in [2.75, 3.05) is 5.88 Å². The third-order valence-electron chi connectivity index (χ3n) is 2.87. The first kappa shape index (κ1) is 10.9. The highest BCUT2D eigenvalue weighted by Gasteiger charge is 2.41. The summed E-state index contributed by atoms with van der Waals surface area (Å²) < 4.78 is 1.94. The largest absolute Gasteiger partial charge is 0.303 e. The van der Waals surface area contributed by atoms with E-state index in [1.54, 1.807) is 6.33 Å². The van der Waals surface area contributed by atoms with Gasteiger partial charge >= 0.3 is 0 Å². The third-order valence-corrected chi connectivity index (χ3v) is 3.38. The second kappa shape index (κ2) is 4.10. The summed E-state index contributed by atoms with van der Waals surface area (Å²) in [6, 6.07) is 0.357. The van der Waals surface area contributed by atoms with Crippen LogP contribution in [-0.2, 0) is 6.54 Å². The predicted molar refractivity (Wildman–Crippen MR) is 59.9 cm³/mol. The molecule has 0 radical (unpaired) electrons. The molecule has 0 atom stereocenters.